The van der Waals surface area contributed by atoms with Crippen molar-refractivity contribution >= 4 is 18.1 Å². The highest BCUT2D eigenvalue weighted by Gasteiger charge is 2.19. The molecule has 0 unspecified atom stereocenters. The van der Waals surface area contributed by atoms with Crippen LogP contribution in [0.4, 0.5) is 14.9 Å². The molecule has 0 aliphatic heterocycles. The molecule has 1 rings (SSSR count). The highest BCUT2D eigenvalue weighted by atomic mass is 19.1. The van der Waals surface area contributed by atoms with Gasteiger partial charge in [-0.3, -0.25) is 0 Å². The van der Waals surface area contributed by atoms with E-state index in [1.54, 1.807) is 27.8 Å². The minimum atomic E-state index is -0.871. The zero-order valence-electron chi connectivity index (χ0n) is 13.1. The van der Waals surface area contributed by atoms with Crippen LogP contribution in [0.3, 0.4) is 0 Å². The number of hydrogen-bond donors (Lipinski definition) is 2. The van der Waals surface area contributed by atoms with Crippen LogP contribution in [-0.2, 0) is 9.53 Å². The molecule has 0 saturated heterocycles. The zero-order chi connectivity index (χ0) is 16.8. The van der Waals surface area contributed by atoms with E-state index in [0.717, 1.165) is 0 Å². The summed E-state index contributed by atoms with van der Waals surface area (Å²) in [4.78, 5) is 22.6. The Morgan fingerprint density at radius 1 is 1.41 bits per heavy atom. The third-order valence-electron chi connectivity index (χ3n) is 2.50. The van der Waals surface area contributed by atoms with Gasteiger partial charge in [0.2, 0.25) is 0 Å². The first-order chi connectivity index (χ1) is 10.2. The minimum Gasteiger partial charge on any atom is -0.489 e. The fourth-order valence-electron chi connectivity index (χ4n) is 1.58. The van der Waals surface area contributed by atoms with Gasteiger partial charge in [-0.25, -0.2) is 9.18 Å². The molecule has 1 aromatic rings. The summed E-state index contributed by atoms with van der Waals surface area (Å²) < 4.78 is 23.6. The van der Waals surface area contributed by atoms with Gasteiger partial charge in [-0.1, -0.05) is 0 Å². The standard InChI is InChI=1S/C15H21FN2O4/c1-15(2,3)22-14(20)18-11(8-19)9-21-13-6-5-10(16)7-12(13)17-4/h5-8,11,17H,9H2,1-4H3,(H,18,20)/t11-/m1/s1. The van der Waals surface area contributed by atoms with Gasteiger partial charge in [0.15, 0.2) is 0 Å². The lowest BCUT2D eigenvalue weighted by atomic mass is 10.2. The van der Waals surface area contributed by atoms with Gasteiger partial charge in [-0.2, -0.15) is 0 Å². The normalized spacial score (nSPS) is 12.2. The average Bonchev–Trinajstić information content (AvgIpc) is 2.42. The molecular weight excluding hydrogens is 291 g/mol. The average molecular weight is 312 g/mol. The number of amides is 1. The van der Waals surface area contributed by atoms with Crippen LogP contribution in [0, 0.1) is 5.82 Å². The number of aldehydes is 1. The summed E-state index contributed by atoms with van der Waals surface area (Å²) in [7, 11) is 1.62. The van der Waals surface area contributed by atoms with Crippen LogP contribution in [0.2, 0.25) is 0 Å². The third kappa shape index (κ3) is 5.99. The quantitative estimate of drug-likeness (QED) is 0.789. The third-order valence-corrected chi connectivity index (χ3v) is 2.50. The summed E-state index contributed by atoms with van der Waals surface area (Å²) in [5.74, 6) is -0.0303. The largest absolute Gasteiger partial charge is 0.489 e. The van der Waals surface area contributed by atoms with Gasteiger partial charge in [0.25, 0.3) is 0 Å². The van der Waals surface area contributed by atoms with Crippen molar-refractivity contribution < 1.29 is 23.5 Å². The van der Waals surface area contributed by atoms with E-state index in [1.807, 2.05) is 0 Å². The first kappa shape index (κ1) is 17.7. The maximum absolute atomic E-state index is 13.1. The topological polar surface area (TPSA) is 76.7 Å². The van der Waals surface area contributed by atoms with Crippen LogP contribution < -0.4 is 15.4 Å². The molecule has 0 aliphatic rings. The van der Waals surface area contributed by atoms with Crippen LogP contribution in [0.5, 0.6) is 5.75 Å². The first-order valence-electron chi connectivity index (χ1n) is 6.80. The predicted molar refractivity (Wildman–Crippen MR) is 80.7 cm³/mol. The number of carbonyl (C=O) groups is 2. The fraction of sp³-hybridized carbons (Fsp3) is 0.467. The number of anilines is 1. The molecule has 0 aliphatic carbocycles. The molecule has 0 fully saturated rings. The van der Waals surface area contributed by atoms with E-state index in [-0.39, 0.29) is 6.61 Å². The Hall–Kier alpha value is -2.31. The minimum absolute atomic E-state index is 0.0942. The highest BCUT2D eigenvalue weighted by Crippen LogP contribution is 2.24. The number of halogens is 1. The van der Waals surface area contributed by atoms with Crippen LogP contribution >= 0.6 is 0 Å². The van der Waals surface area contributed by atoms with E-state index < -0.39 is 23.6 Å². The first-order valence-corrected chi connectivity index (χ1v) is 6.80. The summed E-state index contributed by atoms with van der Waals surface area (Å²) in [6.45, 7) is 5.06. The molecule has 6 nitrogen and oxygen atoms in total. The van der Waals surface area contributed by atoms with Crippen molar-refractivity contribution in [2.75, 3.05) is 19.0 Å². The Kier molecular flexibility index (Phi) is 6.15. The smallest absolute Gasteiger partial charge is 0.408 e. The molecule has 2 N–H and O–H groups in total. The monoisotopic (exact) mass is 312 g/mol. The fourth-order valence-corrected chi connectivity index (χ4v) is 1.58. The second-order valence-electron chi connectivity index (χ2n) is 5.59. The maximum Gasteiger partial charge on any atom is 0.408 e. The zero-order valence-corrected chi connectivity index (χ0v) is 13.1. The van der Waals surface area contributed by atoms with E-state index in [1.165, 1.54) is 18.2 Å². The number of rotatable bonds is 6. The van der Waals surface area contributed by atoms with Crippen molar-refractivity contribution in [3.05, 3.63) is 24.0 Å². The van der Waals surface area contributed by atoms with Crippen molar-refractivity contribution in [1.82, 2.24) is 5.32 Å². The van der Waals surface area contributed by atoms with E-state index in [2.05, 4.69) is 10.6 Å². The van der Waals surface area contributed by atoms with Crippen LogP contribution in [0.25, 0.3) is 0 Å². The number of alkyl carbamates (subject to hydrolysis) is 1. The molecule has 0 heterocycles. The number of carbonyl (C=O) groups excluding carboxylic acids is 2. The van der Waals surface area contributed by atoms with Gasteiger partial charge in [-0.05, 0) is 32.9 Å². The van der Waals surface area contributed by atoms with Gasteiger partial charge in [0.1, 0.15) is 36.1 Å². The van der Waals surface area contributed by atoms with E-state index >= 15 is 0 Å². The van der Waals surface area contributed by atoms with Gasteiger partial charge in [0.05, 0.1) is 5.69 Å². The van der Waals surface area contributed by atoms with Crippen molar-refractivity contribution in [3.8, 4) is 5.75 Å². The molecule has 1 aromatic carbocycles. The molecule has 122 valence electrons. The molecule has 0 radical (unpaired) electrons. The molecule has 0 aromatic heterocycles. The van der Waals surface area contributed by atoms with Gasteiger partial charge in [0, 0.05) is 13.1 Å². The summed E-state index contributed by atoms with van der Waals surface area (Å²) in [5.41, 5.74) is -0.212. The Labute approximate surface area is 129 Å². The lowest BCUT2D eigenvalue weighted by molar-refractivity contribution is -0.110. The van der Waals surface area contributed by atoms with Crippen LogP contribution in [0.1, 0.15) is 20.8 Å². The molecule has 1 atom stereocenters. The van der Waals surface area contributed by atoms with E-state index in [0.29, 0.717) is 17.7 Å². The predicted octanol–water partition coefficient (Wildman–Crippen LogP) is 2.34. The van der Waals surface area contributed by atoms with Crippen LogP contribution in [-0.4, -0.2) is 37.7 Å². The maximum atomic E-state index is 13.1. The molecular formula is C15H21FN2O4. The van der Waals surface area contributed by atoms with Crippen molar-refractivity contribution in [2.24, 2.45) is 0 Å². The summed E-state index contributed by atoms with van der Waals surface area (Å²) in [6, 6.07) is 3.08. The lowest BCUT2D eigenvalue weighted by Crippen LogP contribution is -2.43. The molecule has 1 amide bonds. The Morgan fingerprint density at radius 3 is 2.64 bits per heavy atom. The van der Waals surface area contributed by atoms with Gasteiger partial charge in [-0.15, -0.1) is 0 Å². The Balaban J connectivity index is 2.61. The van der Waals surface area contributed by atoms with Gasteiger partial charge >= 0.3 is 6.09 Å². The second-order valence-corrected chi connectivity index (χ2v) is 5.59. The van der Waals surface area contributed by atoms with Crippen molar-refractivity contribution in [2.45, 2.75) is 32.4 Å². The lowest BCUT2D eigenvalue weighted by Gasteiger charge is -2.21. The number of hydrogen-bond acceptors (Lipinski definition) is 5. The number of nitrogens with one attached hydrogen (secondary N) is 2. The SMILES string of the molecule is CNc1cc(F)ccc1OC[C@@H](C=O)NC(=O)OC(C)(C)C. The van der Waals surface area contributed by atoms with Crippen molar-refractivity contribution in [3.63, 3.8) is 0 Å². The summed E-state index contributed by atoms with van der Waals surface area (Å²) in [6.07, 6.45) is -0.159. The molecule has 0 spiro atoms. The summed E-state index contributed by atoms with van der Waals surface area (Å²) in [5, 5.41) is 5.18. The van der Waals surface area contributed by atoms with Gasteiger partial charge < -0.3 is 24.9 Å². The van der Waals surface area contributed by atoms with Crippen molar-refractivity contribution in [1.29, 1.82) is 0 Å². The number of ether oxygens (including phenoxy) is 2. The molecule has 0 bridgehead atoms. The molecule has 7 heteroatoms. The highest BCUT2D eigenvalue weighted by molar-refractivity contribution is 5.73. The Bertz CT molecular complexity index is 529. The summed E-state index contributed by atoms with van der Waals surface area (Å²) >= 11 is 0. The second kappa shape index (κ2) is 7.63. The number of benzene rings is 1. The van der Waals surface area contributed by atoms with E-state index in [4.69, 9.17) is 9.47 Å². The molecule has 22 heavy (non-hydrogen) atoms. The van der Waals surface area contributed by atoms with E-state index in [9.17, 15) is 14.0 Å². The Morgan fingerprint density at radius 2 is 2.09 bits per heavy atom. The van der Waals surface area contributed by atoms with Crippen LogP contribution in [0.15, 0.2) is 18.2 Å². The molecule has 0 saturated carbocycles.